The molecule has 0 spiro atoms. The van der Waals surface area contributed by atoms with Gasteiger partial charge in [0, 0.05) is 19.5 Å². The van der Waals surface area contributed by atoms with Gasteiger partial charge in [-0.1, -0.05) is 24.3 Å². The number of nitrogens with one attached hydrogen (secondary N) is 2. The van der Waals surface area contributed by atoms with E-state index in [1.807, 2.05) is 36.4 Å². The van der Waals surface area contributed by atoms with E-state index in [1.165, 1.54) is 0 Å². The molecule has 3 rings (SSSR count). The Morgan fingerprint density at radius 1 is 1.03 bits per heavy atom. The number of methoxy groups -OCH3 is 3. The highest BCUT2D eigenvalue weighted by atomic mass is 16.5. The van der Waals surface area contributed by atoms with E-state index in [0.29, 0.717) is 36.8 Å². The Morgan fingerprint density at radius 3 is 2.23 bits per heavy atom. The van der Waals surface area contributed by atoms with E-state index in [1.54, 1.807) is 32.9 Å². The Balaban J connectivity index is 1.56. The maximum Gasteiger partial charge on any atom is 0.309 e. The molecule has 1 amide bonds. The first-order valence-corrected chi connectivity index (χ1v) is 9.49. The first-order chi connectivity index (χ1) is 14.6. The summed E-state index contributed by atoms with van der Waals surface area (Å²) in [6, 6.07) is 11.8. The molecule has 1 heterocycles. The molecule has 1 unspecified atom stereocenters. The van der Waals surface area contributed by atoms with Gasteiger partial charge in [-0.15, -0.1) is 0 Å². The third-order valence-electron chi connectivity index (χ3n) is 4.85. The molecule has 8 nitrogen and oxygen atoms in total. The SMILES string of the molecule is COc1cc(CNCc2ccc(C3CC=C(C(=O)NO)O3)cc2)cc(OC)c1OC. The van der Waals surface area contributed by atoms with E-state index in [4.69, 9.17) is 24.2 Å². The molecule has 3 N–H and O–H groups in total. The van der Waals surface area contributed by atoms with Gasteiger partial charge in [-0.25, -0.2) is 5.48 Å². The van der Waals surface area contributed by atoms with Gasteiger partial charge in [-0.05, 0) is 34.9 Å². The Morgan fingerprint density at radius 2 is 1.67 bits per heavy atom. The molecule has 0 saturated heterocycles. The summed E-state index contributed by atoms with van der Waals surface area (Å²) in [6.07, 6.45) is 2.03. The van der Waals surface area contributed by atoms with Gasteiger partial charge in [0.1, 0.15) is 6.10 Å². The lowest BCUT2D eigenvalue weighted by Gasteiger charge is -2.15. The fraction of sp³-hybridized carbons (Fsp3) is 0.318. The molecule has 2 aromatic carbocycles. The zero-order chi connectivity index (χ0) is 21.5. The van der Waals surface area contributed by atoms with Crippen molar-refractivity contribution >= 4 is 5.91 Å². The Bertz CT molecular complexity index is 885. The van der Waals surface area contributed by atoms with E-state index >= 15 is 0 Å². The Kier molecular flexibility index (Phi) is 7.16. The zero-order valence-electron chi connectivity index (χ0n) is 17.2. The van der Waals surface area contributed by atoms with Crippen LogP contribution in [-0.4, -0.2) is 32.4 Å². The smallest absolute Gasteiger partial charge is 0.309 e. The second-order valence-corrected chi connectivity index (χ2v) is 6.73. The van der Waals surface area contributed by atoms with Crippen LogP contribution in [0, 0.1) is 0 Å². The van der Waals surface area contributed by atoms with Crippen LogP contribution in [0.2, 0.25) is 0 Å². The van der Waals surface area contributed by atoms with Crippen LogP contribution in [0.5, 0.6) is 17.2 Å². The highest BCUT2D eigenvalue weighted by molar-refractivity contribution is 5.90. The summed E-state index contributed by atoms with van der Waals surface area (Å²) < 4.78 is 21.7. The number of carbonyl (C=O) groups is 1. The third-order valence-corrected chi connectivity index (χ3v) is 4.85. The molecule has 1 aliphatic heterocycles. The van der Waals surface area contributed by atoms with Crippen LogP contribution in [0.3, 0.4) is 0 Å². The monoisotopic (exact) mass is 414 g/mol. The highest BCUT2D eigenvalue weighted by Crippen LogP contribution is 2.38. The number of carbonyl (C=O) groups excluding carboxylic acids is 1. The van der Waals surface area contributed by atoms with Gasteiger partial charge in [-0.3, -0.25) is 10.0 Å². The lowest BCUT2D eigenvalue weighted by molar-refractivity contribution is -0.129. The molecule has 0 bridgehead atoms. The van der Waals surface area contributed by atoms with Crippen molar-refractivity contribution in [1.82, 2.24) is 10.8 Å². The minimum absolute atomic E-state index is 0.138. The molecule has 1 atom stereocenters. The molecule has 0 saturated carbocycles. The van der Waals surface area contributed by atoms with Crippen LogP contribution in [0.1, 0.15) is 29.2 Å². The summed E-state index contributed by atoms with van der Waals surface area (Å²) in [5.41, 5.74) is 4.69. The van der Waals surface area contributed by atoms with Gasteiger partial charge < -0.3 is 24.3 Å². The van der Waals surface area contributed by atoms with Crippen molar-refractivity contribution in [2.75, 3.05) is 21.3 Å². The number of amides is 1. The number of hydrogen-bond acceptors (Lipinski definition) is 7. The van der Waals surface area contributed by atoms with Gasteiger partial charge in [0.25, 0.3) is 0 Å². The molecular formula is C22H26N2O6. The largest absolute Gasteiger partial charge is 0.493 e. The summed E-state index contributed by atoms with van der Waals surface area (Å²) in [4.78, 5) is 11.4. The Labute approximate surface area is 175 Å². The van der Waals surface area contributed by atoms with E-state index in [2.05, 4.69) is 5.32 Å². The van der Waals surface area contributed by atoms with Crippen molar-refractivity contribution in [1.29, 1.82) is 0 Å². The van der Waals surface area contributed by atoms with Crippen molar-refractivity contribution in [2.24, 2.45) is 0 Å². The molecule has 2 aromatic rings. The van der Waals surface area contributed by atoms with E-state index in [9.17, 15) is 4.79 Å². The highest BCUT2D eigenvalue weighted by Gasteiger charge is 2.24. The standard InChI is InChI=1S/C22H26N2O6/c1-27-19-10-15(11-20(28-2)21(19)29-3)13-23-12-14-4-6-16(7-5-14)17-8-9-18(30-17)22(25)24-26/h4-7,9-11,17,23,26H,8,12-13H2,1-3H3,(H,24,25). The third kappa shape index (κ3) is 4.84. The minimum atomic E-state index is -0.634. The van der Waals surface area contributed by atoms with Crippen molar-refractivity contribution in [3.8, 4) is 17.2 Å². The zero-order valence-corrected chi connectivity index (χ0v) is 17.2. The van der Waals surface area contributed by atoms with Crippen LogP contribution in [-0.2, 0) is 22.6 Å². The fourth-order valence-electron chi connectivity index (χ4n) is 3.31. The normalized spacial score (nSPS) is 15.2. The van der Waals surface area contributed by atoms with Crippen molar-refractivity contribution in [3.63, 3.8) is 0 Å². The number of benzene rings is 2. The maximum atomic E-state index is 11.4. The predicted molar refractivity (Wildman–Crippen MR) is 110 cm³/mol. The Hall–Kier alpha value is -3.23. The van der Waals surface area contributed by atoms with Crippen molar-refractivity contribution in [2.45, 2.75) is 25.6 Å². The van der Waals surface area contributed by atoms with Crippen LogP contribution in [0.15, 0.2) is 48.2 Å². The average molecular weight is 414 g/mol. The number of rotatable bonds is 9. The van der Waals surface area contributed by atoms with E-state index in [0.717, 1.165) is 16.7 Å². The van der Waals surface area contributed by atoms with Crippen LogP contribution in [0.4, 0.5) is 0 Å². The van der Waals surface area contributed by atoms with Crippen LogP contribution in [0.25, 0.3) is 0 Å². The molecule has 0 aliphatic carbocycles. The number of ether oxygens (including phenoxy) is 4. The topological polar surface area (TPSA) is 98.3 Å². The predicted octanol–water partition coefficient (Wildman–Crippen LogP) is 2.85. The summed E-state index contributed by atoms with van der Waals surface area (Å²) >= 11 is 0. The lowest BCUT2D eigenvalue weighted by Crippen LogP contribution is -2.21. The second kappa shape index (κ2) is 10.00. The van der Waals surface area contributed by atoms with Gasteiger partial charge >= 0.3 is 5.91 Å². The molecule has 8 heteroatoms. The van der Waals surface area contributed by atoms with Crippen molar-refractivity contribution in [3.05, 3.63) is 64.9 Å². The van der Waals surface area contributed by atoms with Gasteiger partial charge in [-0.2, -0.15) is 0 Å². The van der Waals surface area contributed by atoms with Crippen molar-refractivity contribution < 1.29 is 28.9 Å². The molecular weight excluding hydrogens is 388 g/mol. The number of hydroxylamine groups is 1. The molecule has 160 valence electrons. The first kappa shape index (κ1) is 21.5. The number of hydrogen-bond donors (Lipinski definition) is 3. The molecule has 1 aliphatic rings. The van der Waals surface area contributed by atoms with Gasteiger partial charge in [0.05, 0.1) is 21.3 Å². The molecule has 30 heavy (non-hydrogen) atoms. The molecule has 0 radical (unpaired) electrons. The lowest BCUT2D eigenvalue weighted by atomic mass is 10.1. The second-order valence-electron chi connectivity index (χ2n) is 6.73. The van der Waals surface area contributed by atoms with Gasteiger partial charge in [0.15, 0.2) is 17.3 Å². The quantitative estimate of drug-likeness (QED) is 0.429. The van der Waals surface area contributed by atoms with Gasteiger partial charge in [0.2, 0.25) is 5.75 Å². The minimum Gasteiger partial charge on any atom is -0.493 e. The van der Waals surface area contributed by atoms with E-state index < -0.39 is 5.91 Å². The molecule has 0 aromatic heterocycles. The maximum absolute atomic E-state index is 11.4. The first-order valence-electron chi connectivity index (χ1n) is 9.49. The summed E-state index contributed by atoms with van der Waals surface area (Å²) in [7, 11) is 4.77. The average Bonchev–Trinajstić information content (AvgIpc) is 3.28. The molecule has 0 fully saturated rings. The summed E-state index contributed by atoms with van der Waals surface area (Å²) in [5, 5.41) is 12.1. The van der Waals surface area contributed by atoms with E-state index in [-0.39, 0.29) is 11.9 Å². The van der Waals surface area contributed by atoms with Crippen LogP contribution >= 0.6 is 0 Å². The van der Waals surface area contributed by atoms with Crippen LogP contribution < -0.4 is 25.0 Å². The fourth-order valence-corrected chi connectivity index (χ4v) is 3.31. The summed E-state index contributed by atoms with van der Waals surface area (Å²) in [6.45, 7) is 1.31. The summed E-state index contributed by atoms with van der Waals surface area (Å²) in [5.74, 6) is 1.32.